The van der Waals surface area contributed by atoms with Crippen LogP contribution >= 0.6 is 0 Å². The number of hydrogen-bond acceptors (Lipinski definition) is 3. The molecule has 1 rings (SSSR count). The third-order valence-corrected chi connectivity index (χ3v) is 1.99. The summed E-state index contributed by atoms with van der Waals surface area (Å²) < 4.78 is 5.21. The van der Waals surface area contributed by atoms with Crippen LogP contribution in [0.2, 0.25) is 0 Å². The van der Waals surface area contributed by atoms with Crippen molar-refractivity contribution in [1.29, 1.82) is 0 Å². The van der Waals surface area contributed by atoms with Gasteiger partial charge in [-0.25, -0.2) is 4.79 Å². The van der Waals surface area contributed by atoms with Crippen LogP contribution in [0.25, 0.3) is 0 Å². The van der Waals surface area contributed by atoms with E-state index in [0.717, 1.165) is 5.57 Å². The van der Waals surface area contributed by atoms with Crippen LogP contribution in [0.1, 0.15) is 20.8 Å². The second kappa shape index (κ2) is 3.92. The monoisotopic (exact) mass is 212 g/mol. The standard InChI is InChI=1S/C10H17N3O2/c1-10(2,3)15-9(14)13-5-7(4-11)8(12)6-13/h4,11H,5-6,12H2,1-3H3/p+1. The zero-order valence-electron chi connectivity index (χ0n) is 9.41. The van der Waals surface area contributed by atoms with Crippen LogP contribution in [0.4, 0.5) is 4.79 Å². The molecule has 0 saturated carbocycles. The summed E-state index contributed by atoms with van der Waals surface area (Å²) in [7, 11) is 0. The first-order valence-corrected chi connectivity index (χ1v) is 4.84. The molecule has 0 atom stereocenters. The van der Waals surface area contributed by atoms with Crippen LogP contribution in [0.15, 0.2) is 11.3 Å². The van der Waals surface area contributed by atoms with Gasteiger partial charge in [0, 0.05) is 5.70 Å². The highest BCUT2D eigenvalue weighted by atomic mass is 16.6. The van der Waals surface area contributed by atoms with Gasteiger partial charge in [0.15, 0.2) is 6.21 Å². The van der Waals surface area contributed by atoms with E-state index in [1.165, 1.54) is 11.1 Å². The smallest absolute Gasteiger partial charge is 0.410 e. The Balaban J connectivity index is 2.57. The first-order valence-electron chi connectivity index (χ1n) is 4.84. The van der Waals surface area contributed by atoms with Crippen LogP contribution < -0.4 is 11.1 Å². The Morgan fingerprint density at radius 1 is 1.53 bits per heavy atom. The molecular formula is C10H18N3O2+. The summed E-state index contributed by atoms with van der Waals surface area (Å²) in [5.41, 5.74) is 6.64. The van der Waals surface area contributed by atoms with Crippen molar-refractivity contribution < 1.29 is 14.9 Å². The molecule has 0 aliphatic carbocycles. The van der Waals surface area contributed by atoms with E-state index in [9.17, 15) is 4.79 Å². The van der Waals surface area contributed by atoms with Crippen molar-refractivity contribution in [1.82, 2.24) is 4.90 Å². The second-order valence-electron chi connectivity index (χ2n) is 4.55. The minimum absolute atomic E-state index is 0.359. The lowest BCUT2D eigenvalue weighted by Crippen LogP contribution is -2.37. The van der Waals surface area contributed by atoms with Crippen LogP contribution in [0.5, 0.6) is 0 Å². The number of nitrogens with zero attached hydrogens (tertiary/aromatic N) is 1. The Morgan fingerprint density at radius 2 is 2.13 bits per heavy atom. The normalized spacial score (nSPS) is 16.9. The summed E-state index contributed by atoms with van der Waals surface area (Å²) in [5, 5.41) is 5.37. The maximum Gasteiger partial charge on any atom is 0.410 e. The molecule has 1 heterocycles. The van der Waals surface area contributed by atoms with Gasteiger partial charge >= 0.3 is 6.09 Å². The Bertz CT molecular complexity index is 315. The van der Waals surface area contributed by atoms with E-state index in [2.05, 4.69) is 0 Å². The van der Waals surface area contributed by atoms with Gasteiger partial charge in [0.1, 0.15) is 5.60 Å². The topological polar surface area (TPSA) is 81.2 Å². The third kappa shape index (κ3) is 2.97. The van der Waals surface area contributed by atoms with E-state index in [-0.39, 0.29) is 6.09 Å². The molecule has 0 bridgehead atoms. The van der Waals surface area contributed by atoms with Gasteiger partial charge in [-0.05, 0) is 20.8 Å². The number of amides is 1. The van der Waals surface area contributed by atoms with Crippen LogP contribution in [-0.4, -0.2) is 35.9 Å². The fourth-order valence-electron chi connectivity index (χ4n) is 1.29. The summed E-state index contributed by atoms with van der Waals surface area (Å²) in [6, 6.07) is 0. The van der Waals surface area contributed by atoms with Crippen molar-refractivity contribution in [2.75, 3.05) is 13.1 Å². The molecule has 0 unspecified atom stereocenters. The number of carbonyl (C=O) groups is 1. The molecule has 0 saturated heterocycles. The molecule has 84 valence electrons. The lowest BCUT2D eigenvalue weighted by molar-refractivity contribution is -0.105. The average molecular weight is 212 g/mol. The quantitative estimate of drug-likeness (QED) is 0.563. The predicted octanol–water partition coefficient (Wildman–Crippen LogP) is -0.720. The first kappa shape index (κ1) is 11.6. The van der Waals surface area contributed by atoms with Gasteiger partial charge in [-0.2, -0.15) is 0 Å². The zero-order chi connectivity index (χ0) is 11.6. The number of nitrogens with two attached hydrogens (primary N) is 2. The molecule has 5 nitrogen and oxygen atoms in total. The second-order valence-corrected chi connectivity index (χ2v) is 4.55. The number of carbonyl (C=O) groups excluding carboxylic acids is 1. The van der Waals surface area contributed by atoms with Gasteiger partial charge < -0.3 is 10.5 Å². The van der Waals surface area contributed by atoms with Crippen molar-refractivity contribution >= 4 is 12.3 Å². The van der Waals surface area contributed by atoms with E-state index >= 15 is 0 Å². The molecule has 0 spiro atoms. The third-order valence-electron chi connectivity index (χ3n) is 1.99. The maximum absolute atomic E-state index is 11.6. The van der Waals surface area contributed by atoms with Gasteiger partial charge in [-0.3, -0.25) is 10.3 Å². The molecule has 1 aliphatic rings. The van der Waals surface area contributed by atoms with Crippen molar-refractivity contribution in [3.63, 3.8) is 0 Å². The van der Waals surface area contributed by atoms with Gasteiger partial charge in [0.25, 0.3) is 0 Å². The number of rotatable bonds is 1. The van der Waals surface area contributed by atoms with E-state index < -0.39 is 5.60 Å². The summed E-state index contributed by atoms with van der Waals surface area (Å²) in [5.74, 6) is 0. The summed E-state index contributed by atoms with van der Waals surface area (Å²) in [6.45, 7) is 6.30. The largest absolute Gasteiger partial charge is 0.444 e. The van der Waals surface area contributed by atoms with E-state index in [1.807, 2.05) is 20.8 Å². The predicted molar refractivity (Wildman–Crippen MR) is 57.0 cm³/mol. The van der Waals surface area contributed by atoms with Gasteiger partial charge in [-0.15, -0.1) is 0 Å². The van der Waals surface area contributed by atoms with E-state index in [1.54, 1.807) is 0 Å². The first-order chi connectivity index (χ1) is 6.83. The molecule has 4 N–H and O–H groups in total. The fourth-order valence-corrected chi connectivity index (χ4v) is 1.29. The molecule has 15 heavy (non-hydrogen) atoms. The number of ether oxygens (including phenoxy) is 1. The van der Waals surface area contributed by atoms with Crippen LogP contribution in [0.3, 0.4) is 0 Å². The SMILES string of the molecule is CC(C)(C)OC(=O)N1CC(N)=C(C=[NH2+])C1. The van der Waals surface area contributed by atoms with Gasteiger partial charge in [0.05, 0.1) is 18.7 Å². The molecule has 0 aromatic heterocycles. The fraction of sp³-hybridized carbons (Fsp3) is 0.600. The van der Waals surface area contributed by atoms with E-state index in [4.69, 9.17) is 15.9 Å². The van der Waals surface area contributed by atoms with Gasteiger partial charge in [-0.1, -0.05) is 0 Å². The Morgan fingerprint density at radius 3 is 2.53 bits per heavy atom. The lowest BCUT2D eigenvalue weighted by Gasteiger charge is -2.24. The Labute approximate surface area is 89.4 Å². The molecule has 1 aliphatic heterocycles. The Kier molecular flexibility index (Phi) is 3.02. The summed E-state index contributed by atoms with van der Waals surface area (Å²) >= 11 is 0. The van der Waals surface area contributed by atoms with Crippen molar-refractivity contribution in [3.05, 3.63) is 11.3 Å². The molecule has 1 amide bonds. The molecular weight excluding hydrogens is 194 g/mol. The van der Waals surface area contributed by atoms with Gasteiger partial charge in [0.2, 0.25) is 0 Å². The molecule has 0 fully saturated rings. The van der Waals surface area contributed by atoms with Crippen molar-refractivity contribution in [3.8, 4) is 0 Å². The highest BCUT2D eigenvalue weighted by molar-refractivity contribution is 5.80. The number of hydrogen-bond donors (Lipinski definition) is 2. The zero-order valence-corrected chi connectivity index (χ0v) is 9.41. The van der Waals surface area contributed by atoms with E-state index in [0.29, 0.717) is 18.8 Å². The lowest BCUT2D eigenvalue weighted by atomic mass is 10.2. The minimum atomic E-state index is -0.485. The maximum atomic E-state index is 11.6. The van der Waals surface area contributed by atoms with Crippen molar-refractivity contribution in [2.24, 2.45) is 5.73 Å². The molecule has 0 aromatic carbocycles. The summed E-state index contributed by atoms with van der Waals surface area (Å²) in [6.07, 6.45) is 1.07. The Hall–Kier alpha value is -1.52. The highest BCUT2D eigenvalue weighted by Crippen LogP contribution is 2.16. The van der Waals surface area contributed by atoms with Crippen LogP contribution in [0, 0.1) is 0 Å². The molecule has 5 heteroatoms. The minimum Gasteiger partial charge on any atom is -0.444 e. The van der Waals surface area contributed by atoms with Crippen LogP contribution in [-0.2, 0) is 4.74 Å². The molecule has 0 radical (unpaired) electrons. The summed E-state index contributed by atoms with van der Waals surface area (Å²) in [4.78, 5) is 13.2. The highest BCUT2D eigenvalue weighted by Gasteiger charge is 2.28. The molecule has 0 aromatic rings. The average Bonchev–Trinajstić information content (AvgIpc) is 2.43. The van der Waals surface area contributed by atoms with Crippen molar-refractivity contribution in [2.45, 2.75) is 26.4 Å².